The lowest BCUT2D eigenvalue weighted by Gasteiger charge is -2.33. The highest BCUT2D eigenvalue weighted by Crippen LogP contribution is 2.29. The van der Waals surface area contributed by atoms with Crippen molar-refractivity contribution in [3.8, 4) is 0 Å². The van der Waals surface area contributed by atoms with Crippen molar-refractivity contribution >= 4 is 23.4 Å². The molecule has 3 rings (SSSR count). The molecule has 0 bridgehead atoms. The molecule has 2 atom stereocenters. The lowest BCUT2D eigenvalue weighted by molar-refractivity contribution is -0.139. The molecule has 0 saturated carbocycles. The summed E-state index contributed by atoms with van der Waals surface area (Å²) in [5, 5.41) is 2.85. The van der Waals surface area contributed by atoms with Crippen molar-refractivity contribution in [3.63, 3.8) is 0 Å². The number of rotatable bonds is 5. The quantitative estimate of drug-likeness (QED) is 0.847. The third-order valence-corrected chi connectivity index (χ3v) is 5.78. The van der Waals surface area contributed by atoms with E-state index in [1.165, 1.54) is 5.56 Å². The lowest BCUT2D eigenvalue weighted by Crippen LogP contribution is -2.47. The summed E-state index contributed by atoms with van der Waals surface area (Å²) in [6.07, 6.45) is 1.88. The number of hydrogen-bond acceptors (Lipinski definition) is 3. The molecule has 0 radical (unpaired) electrons. The van der Waals surface area contributed by atoms with Crippen molar-refractivity contribution in [2.24, 2.45) is 11.8 Å². The van der Waals surface area contributed by atoms with Crippen LogP contribution in [0.5, 0.6) is 0 Å². The third kappa shape index (κ3) is 4.37. The van der Waals surface area contributed by atoms with Crippen LogP contribution in [0.15, 0.2) is 24.3 Å². The Morgan fingerprint density at radius 1 is 1.21 bits per heavy atom. The second kappa shape index (κ2) is 8.76. The van der Waals surface area contributed by atoms with E-state index in [0.717, 1.165) is 18.5 Å². The number of hydrogen-bond donors (Lipinski definition) is 1. The third-order valence-electron chi connectivity index (χ3n) is 5.78. The number of benzene rings is 1. The molecule has 6 nitrogen and oxygen atoms in total. The van der Waals surface area contributed by atoms with Crippen LogP contribution in [0.3, 0.4) is 0 Å². The van der Waals surface area contributed by atoms with Crippen LogP contribution in [-0.4, -0.2) is 48.8 Å². The summed E-state index contributed by atoms with van der Waals surface area (Å²) >= 11 is 0. The maximum atomic E-state index is 13.0. The summed E-state index contributed by atoms with van der Waals surface area (Å²) in [5.41, 5.74) is 2.05. The van der Waals surface area contributed by atoms with Gasteiger partial charge in [-0.1, -0.05) is 26.0 Å². The molecule has 1 N–H and O–H groups in total. The SMILES string of the molecule is CCNC(=O)C1CCCN(C(=O)C2CC(=O)N(c3cccc(C(C)C)c3)C2)C1. The highest BCUT2D eigenvalue weighted by Gasteiger charge is 2.39. The summed E-state index contributed by atoms with van der Waals surface area (Å²) in [4.78, 5) is 41.3. The number of nitrogens with one attached hydrogen (secondary N) is 1. The molecule has 1 aromatic carbocycles. The average molecular weight is 386 g/mol. The number of amides is 3. The van der Waals surface area contributed by atoms with E-state index in [2.05, 4.69) is 25.2 Å². The number of nitrogens with zero attached hydrogens (tertiary/aromatic N) is 2. The van der Waals surface area contributed by atoms with E-state index in [4.69, 9.17) is 0 Å². The van der Waals surface area contributed by atoms with Crippen molar-refractivity contribution in [1.82, 2.24) is 10.2 Å². The molecule has 2 unspecified atom stereocenters. The number of carbonyl (C=O) groups excluding carboxylic acids is 3. The second-order valence-electron chi connectivity index (χ2n) is 8.17. The van der Waals surface area contributed by atoms with Crippen LogP contribution in [-0.2, 0) is 14.4 Å². The summed E-state index contributed by atoms with van der Waals surface area (Å²) in [7, 11) is 0. The molecular formula is C22H31N3O3. The molecule has 152 valence electrons. The Labute approximate surface area is 167 Å². The van der Waals surface area contributed by atoms with Crippen LogP contribution in [0.1, 0.15) is 51.5 Å². The number of anilines is 1. The Kier molecular flexibility index (Phi) is 6.37. The Balaban J connectivity index is 1.66. The van der Waals surface area contributed by atoms with Crippen LogP contribution in [0, 0.1) is 11.8 Å². The molecular weight excluding hydrogens is 354 g/mol. The second-order valence-corrected chi connectivity index (χ2v) is 8.17. The molecule has 28 heavy (non-hydrogen) atoms. The predicted molar refractivity (Wildman–Crippen MR) is 109 cm³/mol. The van der Waals surface area contributed by atoms with Gasteiger partial charge in [-0.05, 0) is 43.4 Å². The highest BCUT2D eigenvalue weighted by molar-refractivity contribution is 6.00. The molecule has 2 saturated heterocycles. The smallest absolute Gasteiger partial charge is 0.228 e. The Morgan fingerprint density at radius 3 is 2.71 bits per heavy atom. The molecule has 0 spiro atoms. The maximum absolute atomic E-state index is 13.0. The van der Waals surface area contributed by atoms with Gasteiger partial charge in [0.1, 0.15) is 0 Å². The van der Waals surface area contributed by atoms with Gasteiger partial charge in [-0.25, -0.2) is 0 Å². The summed E-state index contributed by atoms with van der Waals surface area (Å²) in [6, 6.07) is 8.01. The highest BCUT2D eigenvalue weighted by atomic mass is 16.2. The van der Waals surface area contributed by atoms with Gasteiger partial charge >= 0.3 is 0 Å². The minimum absolute atomic E-state index is 0.00320. The molecule has 0 aliphatic carbocycles. The molecule has 2 heterocycles. The molecule has 2 aliphatic rings. The zero-order valence-corrected chi connectivity index (χ0v) is 17.1. The zero-order chi connectivity index (χ0) is 20.3. The van der Waals surface area contributed by atoms with Crippen LogP contribution in [0.2, 0.25) is 0 Å². The zero-order valence-electron chi connectivity index (χ0n) is 17.1. The number of carbonyl (C=O) groups is 3. The van der Waals surface area contributed by atoms with Crippen molar-refractivity contribution in [2.45, 2.75) is 46.0 Å². The summed E-state index contributed by atoms with van der Waals surface area (Å²) < 4.78 is 0. The first kappa shape index (κ1) is 20.4. The van der Waals surface area contributed by atoms with Gasteiger partial charge in [0.2, 0.25) is 17.7 Å². The molecule has 2 aliphatic heterocycles. The van der Waals surface area contributed by atoms with Gasteiger partial charge in [0.05, 0.1) is 11.8 Å². The fraction of sp³-hybridized carbons (Fsp3) is 0.591. The van der Waals surface area contributed by atoms with E-state index in [0.29, 0.717) is 32.1 Å². The first-order valence-electron chi connectivity index (χ1n) is 10.4. The fourth-order valence-electron chi connectivity index (χ4n) is 4.14. The molecule has 0 aromatic heterocycles. The van der Waals surface area contributed by atoms with E-state index in [-0.39, 0.29) is 36.0 Å². The van der Waals surface area contributed by atoms with E-state index in [1.807, 2.05) is 25.1 Å². The van der Waals surface area contributed by atoms with E-state index >= 15 is 0 Å². The lowest BCUT2D eigenvalue weighted by atomic mass is 9.95. The normalized spacial score (nSPS) is 22.6. The van der Waals surface area contributed by atoms with Gasteiger partial charge in [0.15, 0.2) is 0 Å². The fourth-order valence-corrected chi connectivity index (χ4v) is 4.14. The van der Waals surface area contributed by atoms with Crippen LogP contribution in [0.25, 0.3) is 0 Å². The summed E-state index contributed by atoms with van der Waals surface area (Å²) in [6.45, 7) is 8.29. The van der Waals surface area contributed by atoms with E-state index < -0.39 is 0 Å². The standard InChI is InChI=1S/C22H31N3O3/c1-4-23-21(27)17-8-6-10-24(13-17)22(28)18-12-20(26)25(14-18)19-9-5-7-16(11-19)15(2)3/h5,7,9,11,15,17-18H,4,6,8,10,12-14H2,1-3H3,(H,23,27). The van der Waals surface area contributed by atoms with E-state index in [1.54, 1.807) is 9.80 Å². The first-order valence-corrected chi connectivity index (χ1v) is 10.4. The van der Waals surface area contributed by atoms with Crippen molar-refractivity contribution in [2.75, 3.05) is 31.1 Å². The molecule has 3 amide bonds. The van der Waals surface area contributed by atoms with Crippen molar-refractivity contribution in [3.05, 3.63) is 29.8 Å². The topological polar surface area (TPSA) is 69.7 Å². The van der Waals surface area contributed by atoms with Gasteiger partial charge in [0.25, 0.3) is 0 Å². The number of likely N-dealkylation sites (tertiary alicyclic amines) is 1. The van der Waals surface area contributed by atoms with Gasteiger partial charge in [-0.3, -0.25) is 14.4 Å². The van der Waals surface area contributed by atoms with Crippen LogP contribution < -0.4 is 10.2 Å². The van der Waals surface area contributed by atoms with Gasteiger partial charge in [0, 0.05) is 38.3 Å². The van der Waals surface area contributed by atoms with Crippen LogP contribution >= 0.6 is 0 Å². The Morgan fingerprint density at radius 2 is 2.00 bits per heavy atom. The first-order chi connectivity index (χ1) is 13.4. The molecule has 6 heteroatoms. The largest absolute Gasteiger partial charge is 0.356 e. The van der Waals surface area contributed by atoms with Gasteiger partial charge in [-0.15, -0.1) is 0 Å². The van der Waals surface area contributed by atoms with E-state index in [9.17, 15) is 14.4 Å². The minimum Gasteiger partial charge on any atom is -0.356 e. The minimum atomic E-state index is -0.330. The van der Waals surface area contributed by atoms with Gasteiger partial charge < -0.3 is 15.1 Å². The van der Waals surface area contributed by atoms with Gasteiger partial charge in [-0.2, -0.15) is 0 Å². The summed E-state index contributed by atoms with van der Waals surface area (Å²) in [5.74, 6) is -0.0672. The maximum Gasteiger partial charge on any atom is 0.228 e. The number of piperidine rings is 1. The Bertz CT molecular complexity index is 746. The molecule has 1 aromatic rings. The van der Waals surface area contributed by atoms with Crippen molar-refractivity contribution in [1.29, 1.82) is 0 Å². The van der Waals surface area contributed by atoms with Crippen LogP contribution in [0.4, 0.5) is 5.69 Å². The average Bonchev–Trinajstić information content (AvgIpc) is 3.09. The van der Waals surface area contributed by atoms with Crippen molar-refractivity contribution < 1.29 is 14.4 Å². The predicted octanol–water partition coefficient (Wildman–Crippen LogP) is 2.54. The molecule has 2 fully saturated rings. The monoisotopic (exact) mass is 385 g/mol. The Hall–Kier alpha value is -2.37.